The lowest BCUT2D eigenvalue weighted by molar-refractivity contribution is 0.00189. The second kappa shape index (κ2) is 8.54. The highest BCUT2D eigenvalue weighted by molar-refractivity contribution is 6.62. The number of piperazine rings is 1. The van der Waals surface area contributed by atoms with Crippen LogP contribution in [0.3, 0.4) is 0 Å². The molecular weight excluding hydrogens is 433 g/mol. The number of amides is 2. The highest BCUT2D eigenvalue weighted by atomic mass is 19.2. The molecule has 10 heteroatoms. The standard InChI is InChI=1S/C23H33BF2N2O5/c1-14-13-27(11-12-28(14)20(30)31-21(2,3)4)19(29)15-9-10-16(18(26)17(15)25)24-32-22(5,6)23(7,8)33-24/h9-10,14H,11-13H2,1-8H3/t14-/m0/s1. The predicted octanol–water partition coefficient (Wildman–Crippen LogP) is 3.35. The maximum atomic E-state index is 15.0. The number of hydrogen-bond donors (Lipinski definition) is 0. The molecule has 1 aromatic rings. The van der Waals surface area contributed by atoms with Crippen LogP contribution in [0.15, 0.2) is 12.1 Å². The summed E-state index contributed by atoms with van der Waals surface area (Å²) in [6, 6.07) is 2.25. The number of nitrogens with zero attached hydrogens (tertiary/aromatic N) is 2. The summed E-state index contributed by atoms with van der Waals surface area (Å²) in [5.74, 6) is -3.04. The third-order valence-electron chi connectivity index (χ3n) is 6.39. The van der Waals surface area contributed by atoms with E-state index in [4.69, 9.17) is 14.0 Å². The van der Waals surface area contributed by atoms with Crippen LogP contribution in [0.5, 0.6) is 0 Å². The first-order chi connectivity index (χ1) is 15.0. The molecule has 2 fully saturated rings. The van der Waals surface area contributed by atoms with Gasteiger partial charge in [-0.15, -0.1) is 0 Å². The molecule has 0 saturated carbocycles. The molecule has 0 radical (unpaired) electrons. The lowest BCUT2D eigenvalue weighted by Crippen LogP contribution is -2.56. The number of ether oxygens (including phenoxy) is 1. The van der Waals surface area contributed by atoms with Crippen molar-refractivity contribution >= 4 is 24.6 Å². The first kappa shape index (κ1) is 25.4. The SMILES string of the molecule is C[C@H]1CN(C(=O)c2ccc(B3OC(C)(C)C(C)(C)O3)c(F)c2F)CCN1C(=O)OC(C)(C)C. The predicted molar refractivity (Wildman–Crippen MR) is 120 cm³/mol. The van der Waals surface area contributed by atoms with Crippen LogP contribution in [0.4, 0.5) is 13.6 Å². The topological polar surface area (TPSA) is 68.3 Å². The molecule has 1 atom stereocenters. The molecule has 0 spiro atoms. The fourth-order valence-electron chi connectivity index (χ4n) is 3.79. The number of hydrogen-bond acceptors (Lipinski definition) is 5. The fourth-order valence-corrected chi connectivity index (χ4v) is 3.79. The van der Waals surface area contributed by atoms with Gasteiger partial charge in [-0.1, -0.05) is 6.07 Å². The van der Waals surface area contributed by atoms with E-state index < -0.39 is 47.6 Å². The van der Waals surface area contributed by atoms with Gasteiger partial charge in [-0.2, -0.15) is 0 Å². The fraction of sp³-hybridized carbons (Fsp3) is 0.652. The zero-order chi connectivity index (χ0) is 24.9. The maximum absolute atomic E-state index is 15.0. The molecule has 2 aliphatic heterocycles. The summed E-state index contributed by atoms with van der Waals surface area (Å²) in [5.41, 5.74) is -2.52. The van der Waals surface area contributed by atoms with E-state index in [1.165, 1.54) is 21.9 Å². The Morgan fingerprint density at radius 3 is 2.15 bits per heavy atom. The Morgan fingerprint density at radius 2 is 1.64 bits per heavy atom. The molecule has 0 aliphatic carbocycles. The quantitative estimate of drug-likeness (QED) is 0.626. The summed E-state index contributed by atoms with van der Waals surface area (Å²) >= 11 is 0. The minimum absolute atomic E-state index is 0.0918. The summed E-state index contributed by atoms with van der Waals surface area (Å²) in [6.07, 6.45) is -0.467. The monoisotopic (exact) mass is 466 g/mol. The third-order valence-corrected chi connectivity index (χ3v) is 6.39. The van der Waals surface area contributed by atoms with Crippen LogP contribution in [-0.2, 0) is 14.0 Å². The smallest absolute Gasteiger partial charge is 0.444 e. The Hall–Kier alpha value is -2.20. The van der Waals surface area contributed by atoms with Gasteiger partial charge in [0, 0.05) is 31.1 Å². The maximum Gasteiger partial charge on any atom is 0.497 e. The van der Waals surface area contributed by atoms with E-state index in [-0.39, 0.29) is 36.7 Å². The molecule has 0 unspecified atom stereocenters. The Bertz CT molecular complexity index is 932. The zero-order valence-corrected chi connectivity index (χ0v) is 20.6. The van der Waals surface area contributed by atoms with Crippen LogP contribution in [0, 0.1) is 11.6 Å². The van der Waals surface area contributed by atoms with Gasteiger partial charge in [-0.05, 0) is 61.5 Å². The molecule has 2 heterocycles. The molecule has 2 saturated heterocycles. The van der Waals surface area contributed by atoms with Crippen LogP contribution in [0.2, 0.25) is 0 Å². The molecular formula is C23H33BF2N2O5. The van der Waals surface area contributed by atoms with Gasteiger partial charge in [-0.25, -0.2) is 13.6 Å². The average Bonchev–Trinajstić information content (AvgIpc) is 2.88. The second-order valence-corrected chi connectivity index (χ2v) is 10.7. The van der Waals surface area contributed by atoms with Crippen molar-refractivity contribution in [1.82, 2.24) is 9.80 Å². The lowest BCUT2D eigenvalue weighted by atomic mass is 9.78. The average molecular weight is 466 g/mol. The lowest BCUT2D eigenvalue weighted by Gasteiger charge is -2.40. The highest BCUT2D eigenvalue weighted by Gasteiger charge is 2.52. The Morgan fingerprint density at radius 1 is 1.06 bits per heavy atom. The molecule has 3 rings (SSSR count). The molecule has 1 aromatic carbocycles. The van der Waals surface area contributed by atoms with E-state index in [1.54, 1.807) is 27.7 Å². The van der Waals surface area contributed by atoms with E-state index in [9.17, 15) is 18.4 Å². The largest absolute Gasteiger partial charge is 0.497 e. The van der Waals surface area contributed by atoms with Crippen molar-refractivity contribution in [1.29, 1.82) is 0 Å². The van der Waals surface area contributed by atoms with Gasteiger partial charge in [0.25, 0.3) is 5.91 Å². The molecule has 2 aliphatic rings. The van der Waals surface area contributed by atoms with Gasteiger partial charge in [-0.3, -0.25) is 4.79 Å². The van der Waals surface area contributed by atoms with Crippen molar-refractivity contribution in [3.05, 3.63) is 29.3 Å². The first-order valence-electron chi connectivity index (χ1n) is 11.2. The number of rotatable bonds is 2. The number of carbonyl (C=O) groups is 2. The molecule has 0 bridgehead atoms. The molecule has 182 valence electrons. The molecule has 0 aromatic heterocycles. The van der Waals surface area contributed by atoms with Gasteiger partial charge in [0.05, 0.1) is 16.8 Å². The van der Waals surface area contributed by atoms with Gasteiger partial charge < -0.3 is 23.8 Å². The van der Waals surface area contributed by atoms with Gasteiger partial charge >= 0.3 is 13.2 Å². The van der Waals surface area contributed by atoms with E-state index in [2.05, 4.69) is 0 Å². The van der Waals surface area contributed by atoms with E-state index in [0.717, 1.165) is 0 Å². The summed E-state index contributed by atoms with van der Waals surface area (Å²) in [5, 5.41) is 0. The Labute approximate surface area is 194 Å². The van der Waals surface area contributed by atoms with Crippen LogP contribution < -0.4 is 5.46 Å². The van der Waals surface area contributed by atoms with Crippen LogP contribution in [-0.4, -0.2) is 71.4 Å². The highest BCUT2D eigenvalue weighted by Crippen LogP contribution is 2.36. The van der Waals surface area contributed by atoms with E-state index in [1.807, 2.05) is 27.7 Å². The van der Waals surface area contributed by atoms with Gasteiger partial charge in [0.15, 0.2) is 11.6 Å². The number of benzene rings is 1. The van der Waals surface area contributed by atoms with Crippen molar-refractivity contribution in [3.8, 4) is 0 Å². The van der Waals surface area contributed by atoms with E-state index >= 15 is 0 Å². The minimum Gasteiger partial charge on any atom is -0.444 e. The minimum atomic E-state index is -1.24. The Balaban J connectivity index is 1.74. The first-order valence-corrected chi connectivity index (χ1v) is 11.2. The van der Waals surface area contributed by atoms with Crippen LogP contribution in [0.25, 0.3) is 0 Å². The summed E-state index contributed by atoms with van der Waals surface area (Å²) in [4.78, 5) is 28.3. The van der Waals surface area contributed by atoms with Crippen molar-refractivity contribution in [3.63, 3.8) is 0 Å². The number of carbonyl (C=O) groups excluding carboxylic acids is 2. The third kappa shape index (κ3) is 5.01. The van der Waals surface area contributed by atoms with Crippen LogP contribution in [0.1, 0.15) is 65.7 Å². The molecule has 0 N–H and O–H groups in total. The second-order valence-electron chi connectivity index (χ2n) is 10.7. The van der Waals surface area contributed by atoms with Gasteiger partial charge in [0.1, 0.15) is 5.60 Å². The number of halogens is 2. The molecule has 7 nitrogen and oxygen atoms in total. The normalized spacial score (nSPS) is 22.5. The summed E-state index contributed by atoms with van der Waals surface area (Å²) < 4.78 is 47.0. The van der Waals surface area contributed by atoms with Crippen molar-refractivity contribution < 1.29 is 32.4 Å². The molecule has 2 amide bonds. The van der Waals surface area contributed by atoms with Crippen molar-refractivity contribution in [2.45, 2.75) is 78.2 Å². The molecule has 33 heavy (non-hydrogen) atoms. The van der Waals surface area contributed by atoms with Crippen LogP contribution >= 0.6 is 0 Å². The zero-order valence-electron chi connectivity index (χ0n) is 20.6. The van der Waals surface area contributed by atoms with Gasteiger partial charge in [0.2, 0.25) is 0 Å². The van der Waals surface area contributed by atoms with E-state index in [0.29, 0.717) is 0 Å². The summed E-state index contributed by atoms with van der Waals surface area (Å²) in [6.45, 7) is 15.0. The van der Waals surface area contributed by atoms with Crippen molar-refractivity contribution in [2.24, 2.45) is 0 Å². The Kier molecular flexibility index (Phi) is 6.58. The summed E-state index contributed by atoms with van der Waals surface area (Å²) in [7, 11) is -1.08. The van der Waals surface area contributed by atoms with Crippen molar-refractivity contribution in [2.75, 3.05) is 19.6 Å².